The van der Waals surface area contributed by atoms with E-state index in [1.807, 2.05) is 12.3 Å². The Morgan fingerprint density at radius 1 is 0.967 bits per heavy atom. The highest BCUT2D eigenvalue weighted by molar-refractivity contribution is 5.84. The molecule has 1 spiro atoms. The Bertz CT molecular complexity index is 1080. The fourth-order valence-corrected chi connectivity index (χ4v) is 5.61. The van der Waals surface area contributed by atoms with Crippen LogP contribution in [-0.2, 0) is 11.2 Å². The van der Waals surface area contributed by atoms with Crippen LogP contribution in [0.2, 0.25) is 0 Å². The number of hydrogen-bond acceptors (Lipinski definition) is 2. The molecule has 2 aliphatic rings. The largest absolute Gasteiger partial charge is 0.299 e. The molecule has 2 nitrogen and oxygen atoms in total. The second-order valence-corrected chi connectivity index (χ2v) is 9.21. The molecule has 2 aliphatic carbocycles. The lowest BCUT2D eigenvalue weighted by molar-refractivity contribution is -0.131. The van der Waals surface area contributed by atoms with Crippen LogP contribution in [0, 0.1) is 23.0 Å². The number of nitrogens with zero attached hydrogens (tertiary/aromatic N) is 1. The number of Topliss-reactive ketones (excluding diaryl/α,β-unsaturated/α-hetero) is 1. The molecule has 0 saturated heterocycles. The van der Waals surface area contributed by atoms with E-state index in [1.54, 1.807) is 24.3 Å². The first-order chi connectivity index (χ1) is 14.5. The first-order valence-corrected chi connectivity index (χ1v) is 10.8. The molecule has 2 saturated carbocycles. The number of benzene rings is 2. The third kappa shape index (κ3) is 3.64. The van der Waals surface area contributed by atoms with Gasteiger partial charge in [-0.2, -0.15) is 0 Å². The lowest BCUT2D eigenvalue weighted by Crippen LogP contribution is -2.43. The summed E-state index contributed by atoms with van der Waals surface area (Å²) >= 11 is 0. The zero-order chi connectivity index (χ0) is 20.7. The van der Waals surface area contributed by atoms with Crippen LogP contribution < -0.4 is 0 Å². The molecule has 0 bridgehead atoms. The summed E-state index contributed by atoms with van der Waals surface area (Å²) in [4.78, 5) is 17.0. The highest BCUT2D eigenvalue weighted by Gasteiger charge is 2.48. The predicted octanol–water partition coefficient (Wildman–Crippen LogP) is 6.38. The Labute approximate surface area is 175 Å². The van der Waals surface area contributed by atoms with Gasteiger partial charge in [0.1, 0.15) is 17.4 Å². The lowest BCUT2D eigenvalue weighted by Gasteiger charge is -2.51. The molecule has 2 fully saturated rings. The smallest absolute Gasteiger partial charge is 0.140 e. The van der Waals surface area contributed by atoms with E-state index in [0.717, 1.165) is 55.0 Å². The quantitative estimate of drug-likeness (QED) is 0.504. The van der Waals surface area contributed by atoms with Crippen LogP contribution in [0.3, 0.4) is 0 Å². The molecule has 1 heterocycles. The minimum absolute atomic E-state index is 0.141. The number of ketones is 1. The SMILES string of the molecule is O=C(Cc1ccc(F)cc1)C1CC2(CCC(c3ccnc4ccc(F)cc34)CC2)C1. The van der Waals surface area contributed by atoms with Crippen molar-refractivity contribution >= 4 is 16.7 Å². The molecule has 0 atom stereocenters. The fraction of sp³-hybridized carbons (Fsp3) is 0.385. The fourth-order valence-electron chi connectivity index (χ4n) is 5.61. The van der Waals surface area contributed by atoms with Gasteiger partial charge in [0, 0.05) is 23.9 Å². The molecule has 0 aliphatic heterocycles. The van der Waals surface area contributed by atoms with Crippen molar-refractivity contribution < 1.29 is 13.6 Å². The van der Waals surface area contributed by atoms with E-state index in [0.29, 0.717) is 17.8 Å². The zero-order valence-corrected chi connectivity index (χ0v) is 16.9. The van der Waals surface area contributed by atoms with Gasteiger partial charge >= 0.3 is 0 Å². The minimum Gasteiger partial charge on any atom is -0.299 e. The third-order valence-electron chi connectivity index (χ3n) is 7.33. The van der Waals surface area contributed by atoms with Crippen molar-refractivity contribution in [2.45, 2.75) is 50.9 Å². The first-order valence-electron chi connectivity index (χ1n) is 10.8. The van der Waals surface area contributed by atoms with Crippen LogP contribution in [0.25, 0.3) is 10.9 Å². The molecule has 4 heteroatoms. The maximum atomic E-state index is 13.8. The Morgan fingerprint density at radius 3 is 2.40 bits per heavy atom. The van der Waals surface area contributed by atoms with Crippen molar-refractivity contribution in [2.75, 3.05) is 0 Å². The molecule has 154 valence electrons. The molecule has 2 aromatic carbocycles. The van der Waals surface area contributed by atoms with Crippen molar-refractivity contribution in [3.05, 3.63) is 77.5 Å². The summed E-state index contributed by atoms with van der Waals surface area (Å²) in [6.07, 6.45) is 8.58. The number of carbonyl (C=O) groups excluding carboxylic acids is 1. The summed E-state index contributed by atoms with van der Waals surface area (Å²) in [7, 11) is 0. The van der Waals surface area contributed by atoms with Crippen molar-refractivity contribution in [3.63, 3.8) is 0 Å². The number of halogens is 2. The summed E-state index contributed by atoms with van der Waals surface area (Å²) in [5, 5.41) is 0.930. The number of hydrogen-bond donors (Lipinski definition) is 0. The third-order valence-corrected chi connectivity index (χ3v) is 7.33. The maximum absolute atomic E-state index is 13.8. The molecule has 30 heavy (non-hydrogen) atoms. The Morgan fingerprint density at radius 2 is 1.67 bits per heavy atom. The van der Waals surface area contributed by atoms with E-state index in [-0.39, 0.29) is 23.3 Å². The van der Waals surface area contributed by atoms with Gasteiger partial charge in [0.2, 0.25) is 0 Å². The summed E-state index contributed by atoms with van der Waals surface area (Å²) < 4.78 is 26.8. The second kappa shape index (κ2) is 7.57. The summed E-state index contributed by atoms with van der Waals surface area (Å²) in [6, 6.07) is 13.1. The standard InChI is InChI=1S/C26H25F2NO/c27-20-3-1-17(2-4-20)13-25(30)19-15-26(16-19)10-7-18(8-11-26)22-9-12-29-24-6-5-21(28)14-23(22)24/h1-6,9,12,14,18-19H,7-8,10-11,13,15-16H2. The first kappa shape index (κ1) is 19.3. The highest BCUT2D eigenvalue weighted by atomic mass is 19.1. The van der Waals surface area contributed by atoms with E-state index in [4.69, 9.17) is 0 Å². The molecule has 0 N–H and O–H groups in total. The number of pyridine rings is 1. The van der Waals surface area contributed by atoms with Gasteiger partial charge in [-0.1, -0.05) is 12.1 Å². The van der Waals surface area contributed by atoms with Gasteiger partial charge in [-0.25, -0.2) is 8.78 Å². The molecule has 3 aromatic rings. The predicted molar refractivity (Wildman–Crippen MR) is 113 cm³/mol. The Balaban J connectivity index is 1.21. The van der Waals surface area contributed by atoms with Gasteiger partial charge < -0.3 is 0 Å². The van der Waals surface area contributed by atoms with Gasteiger partial charge in [0.25, 0.3) is 0 Å². The van der Waals surface area contributed by atoms with E-state index in [9.17, 15) is 13.6 Å². The van der Waals surface area contributed by atoms with Gasteiger partial charge in [-0.05, 0) is 97.4 Å². The average Bonchev–Trinajstić information content (AvgIpc) is 2.73. The van der Waals surface area contributed by atoms with E-state index in [1.165, 1.54) is 23.8 Å². The maximum Gasteiger partial charge on any atom is 0.140 e. The van der Waals surface area contributed by atoms with E-state index in [2.05, 4.69) is 4.98 Å². The van der Waals surface area contributed by atoms with Crippen LogP contribution in [0.1, 0.15) is 55.6 Å². The van der Waals surface area contributed by atoms with Crippen molar-refractivity contribution in [3.8, 4) is 0 Å². The zero-order valence-electron chi connectivity index (χ0n) is 16.9. The van der Waals surface area contributed by atoms with Gasteiger partial charge in [0.05, 0.1) is 5.52 Å². The molecule has 0 amide bonds. The van der Waals surface area contributed by atoms with Crippen LogP contribution in [0.15, 0.2) is 54.7 Å². The van der Waals surface area contributed by atoms with Crippen LogP contribution >= 0.6 is 0 Å². The van der Waals surface area contributed by atoms with Crippen molar-refractivity contribution in [2.24, 2.45) is 11.3 Å². The second-order valence-electron chi connectivity index (χ2n) is 9.21. The molecular weight excluding hydrogens is 380 g/mol. The number of rotatable bonds is 4. The number of fused-ring (bicyclic) bond motifs is 1. The molecule has 5 rings (SSSR count). The van der Waals surface area contributed by atoms with Gasteiger partial charge in [-0.15, -0.1) is 0 Å². The summed E-state index contributed by atoms with van der Waals surface area (Å²) in [6.45, 7) is 0. The molecule has 0 radical (unpaired) electrons. The normalized spacial score (nSPS) is 25.9. The van der Waals surface area contributed by atoms with Crippen LogP contribution in [-0.4, -0.2) is 10.8 Å². The van der Waals surface area contributed by atoms with Gasteiger partial charge in [0.15, 0.2) is 0 Å². The highest BCUT2D eigenvalue weighted by Crippen LogP contribution is 2.57. The number of carbonyl (C=O) groups is 1. The summed E-state index contributed by atoms with van der Waals surface area (Å²) in [5.74, 6) is 0.366. The van der Waals surface area contributed by atoms with Gasteiger partial charge in [-0.3, -0.25) is 9.78 Å². The summed E-state index contributed by atoms with van der Waals surface area (Å²) in [5.41, 5.74) is 3.25. The minimum atomic E-state index is -0.268. The molecular formula is C26H25F2NO. The van der Waals surface area contributed by atoms with Crippen LogP contribution in [0.4, 0.5) is 8.78 Å². The van der Waals surface area contributed by atoms with E-state index >= 15 is 0 Å². The monoisotopic (exact) mass is 405 g/mol. The molecule has 1 aromatic heterocycles. The number of aromatic nitrogens is 1. The van der Waals surface area contributed by atoms with Crippen molar-refractivity contribution in [1.82, 2.24) is 4.98 Å². The molecule has 0 unspecified atom stereocenters. The Kier molecular flexibility index (Phi) is 4.88. The average molecular weight is 405 g/mol. The van der Waals surface area contributed by atoms with Crippen molar-refractivity contribution in [1.29, 1.82) is 0 Å². The topological polar surface area (TPSA) is 30.0 Å². The lowest BCUT2D eigenvalue weighted by atomic mass is 9.53. The van der Waals surface area contributed by atoms with E-state index < -0.39 is 0 Å². The van der Waals surface area contributed by atoms with Crippen LogP contribution in [0.5, 0.6) is 0 Å². The Hall–Kier alpha value is -2.62.